The molecule has 1 amide bonds. The van der Waals surface area contributed by atoms with E-state index < -0.39 is 0 Å². The Kier molecular flexibility index (Phi) is 4.76. The third kappa shape index (κ3) is 3.51. The maximum atomic E-state index is 12.7. The van der Waals surface area contributed by atoms with E-state index >= 15 is 0 Å². The average Bonchev–Trinajstić information content (AvgIpc) is 2.90. The van der Waals surface area contributed by atoms with Gasteiger partial charge in [0.15, 0.2) is 0 Å². The van der Waals surface area contributed by atoms with Crippen LogP contribution in [0.5, 0.6) is 0 Å². The third-order valence-electron chi connectivity index (χ3n) is 3.87. The number of nitrogens with one attached hydrogen (secondary N) is 1. The molecule has 0 unspecified atom stereocenters. The Hall–Kier alpha value is -2.79. The van der Waals surface area contributed by atoms with Gasteiger partial charge < -0.3 is 10.2 Å². The van der Waals surface area contributed by atoms with Gasteiger partial charge in [0.2, 0.25) is 0 Å². The molecular formula is C19H19ClN4O. The van der Waals surface area contributed by atoms with Crippen molar-refractivity contribution in [3.05, 3.63) is 71.0 Å². The summed E-state index contributed by atoms with van der Waals surface area (Å²) in [6.45, 7) is 1.77. The molecule has 0 saturated carbocycles. The van der Waals surface area contributed by atoms with Crippen LogP contribution in [0.15, 0.2) is 54.6 Å². The summed E-state index contributed by atoms with van der Waals surface area (Å²) in [5.41, 5.74) is 3.53. The number of nitrogens with zero attached hydrogens (tertiary/aromatic N) is 3. The molecule has 3 rings (SSSR count). The molecule has 0 saturated heterocycles. The zero-order valence-corrected chi connectivity index (χ0v) is 15.1. The second-order valence-electron chi connectivity index (χ2n) is 5.89. The van der Waals surface area contributed by atoms with Crippen molar-refractivity contribution >= 4 is 28.9 Å². The first-order chi connectivity index (χ1) is 12.0. The molecule has 0 bridgehead atoms. The highest BCUT2D eigenvalue weighted by Crippen LogP contribution is 2.25. The lowest BCUT2D eigenvalue weighted by molar-refractivity contribution is 0.102. The summed E-state index contributed by atoms with van der Waals surface area (Å²) in [5.74, 6) is -0.276. The summed E-state index contributed by atoms with van der Waals surface area (Å²) < 4.78 is 1.57. The van der Waals surface area contributed by atoms with E-state index in [0.717, 1.165) is 11.4 Å². The second-order valence-corrected chi connectivity index (χ2v) is 6.25. The monoisotopic (exact) mass is 354 g/mol. The van der Waals surface area contributed by atoms with E-state index in [9.17, 15) is 4.79 Å². The highest BCUT2D eigenvalue weighted by molar-refractivity contribution is 6.34. The van der Waals surface area contributed by atoms with Gasteiger partial charge in [-0.05, 0) is 43.3 Å². The number of hydrogen-bond acceptors (Lipinski definition) is 3. The molecule has 0 radical (unpaired) electrons. The van der Waals surface area contributed by atoms with Crippen LogP contribution in [0.4, 0.5) is 11.4 Å². The van der Waals surface area contributed by atoms with Crippen molar-refractivity contribution in [2.24, 2.45) is 0 Å². The predicted octanol–water partition coefficient (Wildman–Crippen LogP) is 4.15. The summed E-state index contributed by atoms with van der Waals surface area (Å²) in [7, 11) is 3.93. The fourth-order valence-electron chi connectivity index (χ4n) is 2.53. The van der Waals surface area contributed by atoms with Gasteiger partial charge in [-0.2, -0.15) is 5.10 Å². The van der Waals surface area contributed by atoms with Gasteiger partial charge in [-0.15, -0.1) is 0 Å². The lowest BCUT2D eigenvalue weighted by Crippen LogP contribution is -2.13. The minimum Gasteiger partial charge on any atom is -0.378 e. The molecule has 0 aliphatic carbocycles. The van der Waals surface area contributed by atoms with Crippen molar-refractivity contribution in [3.8, 4) is 5.69 Å². The zero-order chi connectivity index (χ0) is 18.0. The van der Waals surface area contributed by atoms with Crippen LogP contribution in [0.2, 0.25) is 5.15 Å². The molecule has 0 aliphatic heterocycles. The Labute approximate surface area is 151 Å². The van der Waals surface area contributed by atoms with Crippen LogP contribution in [0.1, 0.15) is 16.1 Å². The van der Waals surface area contributed by atoms with Gasteiger partial charge in [0, 0.05) is 25.5 Å². The lowest BCUT2D eigenvalue weighted by atomic mass is 10.2. The van der Waals surface area contributed by atoms with Crippen molar-refractivity contribution in [1.82, 2.24) is 9.78 Å². The number of carbonyl (C=O) groups excluding carboxylic acids is 1. The van der Waals surface area contributed by atoms with E-state index in [0.29, 0.717) is 22.1 Å². The summed E-state index contributed by atoms with van der Waals surface area (Å²) in [5, 5.41) is 7.57. The first kappa shape index (κ1) is 17.0. The van der Waals surface area contributed by atoms with Gasteiger partial charge in [-0.1, -0.05) is 29.8 Å². The summed E-state index contributed by atoms with van der Waals surface area (Å²) in [4.78, 5) is 14.7. The molecule has 0 aliphatic rings. The van der Waals surface area contributed by atoms with E-state index in [-0.39, 0.29) is 5.91 Å². The molecule has 1 N–H and O–H groups in total. The van der Waals surface area contributed by atoms with Gasteiger partial charge in [0.25, 0.3) is 5.91 Å². The Bertz CT molecular complexity index is 886. The maximum Gasteiger partial charge on any atom is 0.260 e. The number of amides is 1. The highest BCUT2D eigenvalue weighted by atomic mass is 35.5. The first-order valence-corrected chi connectivity index (χ1v) is 8.24. The highest BCUT2D eigenvalue weighted by Gasteiger charge is 2.21. The van der Waals surface area contributed by atoms with Crippen LogP contribution in [0.3, 0.4) is 0 Å². The Morgan fingerprint density at radius 3 is 2.32 bits per heavy atom. The molecule has 6 heteroatoms. The Morgan fingerprint density at radius 2 is 1.72 bits per heavy atom. The number of hydrogen-bond donors (Lipinski definition) is 1. The predicted molar refractivity (Wildman–Crippen MR) is 102 cm³/mol. The summed E-state index contributed by atoms with van der Waals surface area (Å²) >= 11 is 6.42. The summed E-state index contributed by atoms with van der Waals surface area (Å²) in [6, 6.07) is 17.1. The second kappa shape index (κ2) is 6.99. The van der Waals surface area contributed by atoms with Gasteiger partial charge in [-0.3, -0.25) is 4.79 Å². The van der Waals surface area contributed by atoms with Crippen molar-refractivity contribution in [2.45, 2.75) is 6.92 Å². The number of carbonyl (C=O) groups is 1. The average molecular weight is 355 g/mol. The van der Waals surface area contributed by atoms with Gasteiger partial charge in [0.05, 0.1) is 11.4 Å². The number of rotatable bonds is 4. The standard InChI is InChI=1S/C19H19ClN4O/c1-13-17(18(20)24(22-13)16-7-5-4-6-8-16)19(25)21-14-9-11-15(12-10-14)23(2)3/h4-12H,1-3H3,(H,21,25). The largest absolute Gasteiger partial charge is 0.378 e. The number of anilines is 2. The van der Waals surface area contributed by atoms with E-state index in [1.807, 2.05) is 73.6 Å². The van der Waals surface area contributed by atoms with E-state index in [2.05, 4.69) is 10.4 Å². The number of aromatic nitrogens is 2. The Morgan fingerprint density at radius 1 is 1.08 bits per heavy atom. The van der Waals surface area contributed by atoms with Gasteiger partial charge in [0.1, 0.15) is 10.7 Å². The number of halogens is 1. The van der Waals surface area contributed by atoms with Gasteiger partial charge >= 0.3 is 0 Å². The van der Waals surface area contributed by atoms with Gasteiger partial charge in [-0.25, -0.2) is 4.68 Å². The van der Waals surface area contributed by atoms with Crippen LogP contribution in [0, 0.1) is 6.92 Å². The molecule has 0 spiro atoms. The quantitative estimate of drug-likeness (QED) is 0.765. The van der Waals surface area contributed by atoms with Crippen LogP contribution in [0.25, 0.3) is 5.69 Å². The first-order valence-electron chi connectivity index (χ1n) is 7.86. The molecule has 0 fully saturated rings. The van der Waals surface area contributed by atoms with E-state index in [1.165, 1.54) is 0 Å². The topological polar surface area (TPSA) is 50.2 Å². The van der Waals surface area contributed by atoms with Crippen LogP contribution in [-0.4, -0.2) is 29.8 Å². The summed E-state index contributed by atoms with van der Waals surface area (Å²) in [6.07, 6.45) is 0. The molecule has 128 valence electrons. The minimum absolute atomic E-state index is 0.276. The minimum atomic E-state index is -0.276. The Balaban J connectivity index is 1.86. The molecule has 0 atom stereocenters. The molecule has 1 heterocycles. The molecule has 5 nitrogen and oxygen atoms in total. The van der Waals surface area contributed by atoms with Crippen molar-refractivity contribution in [2.75, 3.05) is 24.3 Å². The number of benzene rings is 2. The molecule has 3 aromatic rings. The molecule has 25 heavy (non-hydrogen) atoms. The van der Waals surface area contributed by atoms with E-state index in [1.54, 1.807) is 11.6 Å². The van der Waals surface area contributed by atoms with Crippen molar-refractivity contribution in [1.29, 1.82) is 0 Å². The maximum absolute atomic E-state index is 12.7. The zero-order valence-electron chi connectivity index (χ0n) is 14.3. The molecule has 2 aromatic carbocycles. The van der Waals surface area contributed by atoms with Crippen LogP contribution < -0.4 is 10.2 Å². The lowest BCUT2D eigenvalue weighted by Gasteiger charge is -2.13. The van der Waals surface area contributed by atoms with Crippen LogP contribution >= 0.6 is 11.6 Å². The number of para-hydroxylation sites is 1. The SMILES string of the molecule is Cc1nn(-c2ccccc2)c(Cl)c1C(=O)Nc1ccc(N(C)C)cc1. The van der Waals surface area contributed by atoms with Crippen molar-refractivity contribution < 1.29 is 4.79 Å². The van der Waals surface area contributed by atoms with E-state index in [4.69, 9.17) is 11.6 Å². The smallest absolute Gasteiger partial charge is 0.260 e. The number of aryl methyl sites for hydroxylation is 1. The third-order valence-corrected chi connectivity index (χ3v) is 4.22. The molecular weight excluding hydrogens is 336 g/mol. The fourth-order valence-corrected chi connectivity index (χ4v) is 2.89. The van der Waals surface area contributed by atoms with Crippen LogP contribution in [-0.2, 0) is 0 Å². The fraction of sp³-hybridized carbons (Fsp3) is 0.158. The van der Waals surface area contributed by atoms with Crippen molar-refractivity contribution in [3.63, 3.8) is 0 Å². The normalized spacial score (nSPS) is 10.6. The molecule has 1 aromatic heterocycles.